The molecule has 1 rings (SSSR count). The van der Waals surface area contributed by atoms with Crippen molar-refractivity contribution in [3.63, 3.8) is 0 Å². The highest BCUT2D eigenvalue weighted by Crippen LogP contribution is 2.03. The summed E-state index contributed by atoms with van der Waals surface area (Å²) < 4.78 is 17.2. The molecule has 0 aliphatic rings. The largest absolute Gasteiger partial charge is 0.461 e. The Bertz CT molecular complexity index is 276. The number of hydrogen-bond acceptors (Lipinski definition) is 3. The van der Waals surface area contributed by atoms with E-state index >= 15 is 0 Å². The van der Waals surface area contributed by atoms with Crippen LogP contribution in [0.5, 0.6) is 0 Å². The van der Waals surface area contributed by atoms with E-state index in [0.29, 0.717) is 0 Å². The van der Waals surface area contributed by atoms with Gasteiger partial charge in [-0.05, 0) is 13.8 Å². The first kappa shape index (κ1) is 8.70. The Morgan fingerprint density at radius 2 is 2.50 bits per heavy atom. The minimum absolute atomic E-state index is 0.00292. The SMILES string of the molecule is CCOC(=O)c1cn(F)c(C)n1. The Balaban J connectivity index is 2.82. The van der Waals surface area contributed by atoms with Crippen molar-refractivity contribution in [2.45, 2.75) is 13.8 Å². The van der Waals surface area contributed by atoms with Crippen LogP contribution in [0, 0.1) is 6.92 Å². The highest BCUT2D eigenvalue weighted by Gasteiger charge is 2.12. The van der Waals surface area contributed by atoms with Gasteiger partial charge in [0.2, 0.25) is 0 Å². The summed E-state index contributed by atoms with van der Waals surface area (Å²) in [4.78, 5) is 14.9. The van der Waals surface area contributed by atoms with E-state index in [1.54, 1.807) is 6.92 Å². The van der Waals surface area contributed by atoms with Gasteiger partial charge < -0.3 is 4.74 Å². The summed E-state index contributed by atoms with van der Waals surface area (Å²) in [6.45, 7) is 3.40. The van der Waals surface area contributed by atoms with Gasteiger partial charge in [0.25, 0.3) is 0 Å². The highest BCUT2D eigenvalue weighted by atomic mass is 19.2. The van der Waals surface area contributed by atoms with Gasteiger partial charge in [0.05, 0.1) is 12.8 Å². The number of esters is 1. The second kappa shape index (κ2) is 3.34. The van der Waals surface area contributed by atoms with Gasteiger partial charge in [-0.15, -0.1) is 0 Å². The van der Waals surface area contributed by atoms with Crippen LogP contribution in [0.15, 0.2) is 6.20 Å². The van der Waals surface area contributed by atoms with E-state index in [0.717, 1.165) is 6.20 Å². The monoisotopic (exact) mass is 172 g/mol. The number of aromatic nitrogens is 2. The van der Waals surface area contributed by atoms with Crippen LogP contribution < -0.4 is 0 Å². The lowest BCUT2D eigenvalue weighted by molar-refractivity contribution is 0.0519. The van der Waals surface area contributed by atoms with Gasteiger partial charge in [0.1, 0.15) is 5.82 Å². The third-order valence-electron chi connectivity index (χ3n) is 1.31. The zero-order valence-electron chi connectivity index (χ0n) is 6.87. The maximum atomic E-state index is 12.6. The van der Waals surface area contributed by atoms with E-state index in [9.17, 15) is 9.28 Å². The van der Waals surface area contributed by atoms with Crippen molar-refractivity contribution in [3.05, 3.63) is 17.7 Å². The third kappa shape index (κ3) is 1.61. The minimum atomic E-state index is -0.600. The van der Waals surface area contributed by atoms with Gasteiger partial charge in [-0.3, -0.25) is 0 Å². The van der Waals surface area contributed by atoms with Crippen LogP contribution in [-0.2, 0) is 4.74 Å². The molecule has 0 saturated carbocycles. The van der Waals surface area contributed by atoms with Crippen LogP contribution in [0.25, 0.3) is 0 Å². The molecule has 0 N–H and O–H groups in total. The van der Waals surface area contributed by atoms with Crippen molar-refractivity contribution in [1.82, 2.24) is 9.77 Å². The predicted molar refractivity (Wildman–Crippen MR) is 39.4 cm³/mol. The van der Waals surface area contributed by atoms with Crippen LogP contribution >= 0.6 is 0 Å². The Morgan fingerprint density at radius 1 is 1.83 bits per heavy atom. The maximum absolute atomic E-state index is 12.6. The molecule has 0 saturated heterocycles. The summed E-state index contributed by atoms with van der Waals surface area (Å²) in [5.41, 5.74) is -0.00292. The van der Waals surface area contributed by atoms with Crippen LogP contribution in [-0.4, -0.2) is 22.3 Å². The summed E-state index contributed by atoms with van der Waals surface area (Å²) in [6.07, 6.45) is 0.993. The van der Waals surface area contributed by atoms with Crippen LogP contribution in [0.1, 0.15) is 23.2 Å². The number of imidazole rings is 1. The number of rotatable bonds is 2. The molecule has 1 heterocycles. The van der Waals surface area contributed by atoms with Crippen LogP contribution in [0.4, 0.5) is 4.48 Å². The molecule has 0 aliphatic heterocycles. The molecular weight excluding hydrogens is 163 g/mol. The fraction of sp³-hybridized carbons (Fsp3) is 0.429. The molecule has 66 valence electrons. The molecule has 0 radical (unpaired) electrons. The lowest BCUT2D eigenvalue weighted by Gasteiger charge is -1.94. The lowest BCUT2D eigenvalue weighted by atomic mass is 10.5. The number of hydrogen-bond donors (Lipinski definition) is 0. The fourth-order valence-electron chi connectivity index (χ4n) is 0.755. The first-order chi connectivity index (χ1) is 5.65. The number of carbonyl (C=O) groups is 1. The number of nitrogens with zero attached hydrogens (tertiary/aromatic N) is 2. The van der Waals surface area contributed by atoms with Gasteiger partial charge in [0.15, 0.2) is 5.69 Å². The Kier molecular flexibility index (Phi) is 2.42. The summed E-state index contributed by atoms with van der Waals surface area (Å²) >= 11 is 0. The van der Waals surface area contributed by atoms with Crippen LogP contribution in [0.2, 0.25) is 0 Å². The molecular formula is C7H9FN2O2. The number of halogens is 1. The summed E-state index contributed by atoms with van der Waals surface area (Å²) in [6, 6.07) is 0. The zero-order valence-corrected chi connectivity index (χ0v) is 6.87. The number of ether oxygens (including phenoxy) is 1. The molecule has 0 spiro atoms. The molecule has 1 aromatic heterocycles. The molecule has 0 fully saturated rings. The Morgan fingerprint density at radius 3 is 2.92 bits per heavy atom. The molecule has 0 atom stereocenters. The number of carbonyl (C=O) groups excluding carboxylic acids is 1. The van der Waals surface area contributed by atoms with Crippen molar-refractivity contribution in [2.24, 2.45) is 0 Å². The highest BCUT2D eigenvalue weighted by molar-refractivity contribution is 5.86. The molecule has 0 amide bonds. The summed E-state index contributed by atoms with van der Waals surface area (Å²) in [5, 5.41) is 0. The second-order valence-corrected chi connectivity index (χ2v) is 2.21. The van der Waals surface area contributed by atoms with E-state index < -0.39 is 5.97 Å². The zero-order chi connectivity index (χ0) is 9.14. The first-order valence-electron chi connectivity index (χ1n) is 3.54. The first-order valence-corrected chi connectivity index (χ1v) is 3.54. The van der Waals surface area contributed by atoms with Crippen molar-refractivity contribution in [1.29, 1.82) is 0 Å². The summed E-state index contributed by atoms with van der Waals surface area (Å²) in [7, 11) is 0. The second-order valence-electron chi connectivity index (χ2n) is 2.21. The van der Waals surface area contributed by atoms with Crippen molar-refractivity contribution < 1.29 is 14.0 Å². The standard InChI is InChI=1S/C7H9FN2O2/c1-3-12-7(11)6-4-10(8)5(2)9-6/h4H,3H2,1-2H3. The molecule has 5 heteroatoms. The average Bonchev–Trinajstić information content (AvgIpc) is 2.33. The van der Waals surface area contributed by atoms with Gasteiger partial charge in [-0.25, -0.2) is 9.78 Å². The smallest absolute Gasteiger partial charge is 0.358 e. The molecule has 0 unspecified atom stereocenters. The molecule has 1 aromatic rings. The topological polar surface area (TPSA) is 44.1 Å². The van der Waals surface area contributed by atoms with E-state index in [1.165, 1.54) is 6.92 Å². The maximum Gasteiger partial charge on any atom is 0.358 e. The normalized spacial score (nSPS) is 9.92. The minimum Gasteiger partial charge on any atom is -0.461 e. The van der Waals surface area contributed by atoms with E-state index in [4.69, 9.17) is 0 Å². The molecule has 0 bridgehead atoms. The summed E-state index contributed by atoms with van der Waals surface area (Å²) in [5.74, 6) is -0.463. The average molecular weight is 172 g/mol. The van der Waals surface area contributed by atoms with Gasteiger partial charge in [-0.1, -0.05) is 4.48 Å². The van der Waals surface area contributed by atoms with Crippen LogP contribution in [0.3, 0.4) is 0 Å². The number of aryl methyl sites for hydroxylation is 1. The molecule has 0 aromatic carbocycles. The van der Waals surface area contributed by atoms with E-state index in [1.807, 2.05) is 0 Å². The van der Waals surface area contributed by atoms with E-state index in [-0.39, 0.29) is 22.9 Å². The van der Waals surface area contributed by atoms with Crippen molar-refractivity contribution in [2.75, 3.05) is 6.61 Å². The molecule has 0 aliphatic carbocycles. The molecule has 4 nitrogen and oxygen atoms in total. The van der Waals surface area contributed by atoms with Crippen molar-refractivity contribution in [3.8, 4) is 0 Å². The predicted octanol–water partition coefficient (Wildman–Crippen LogP) is 1.10. The lowest BCUT2D eigenvalue weighted by Crippen LogP contribution is -2.04. The quantitative estimate of drug-likeness (QED) is 0.627. The Hall–Kier alpha value is -1.39. The van der Waals surface area contributed by atoms with E-state index in [2.05, 4.69) is 9.72 Å². The fourth-order valence-corrected chi connectivity index (χ4v) is 0.755. The van der Waals surface area contributed by atoms with Gasteiger partial charge in [-0.2, -0.15) is 4.79 Å². The van der Waals surface area contributed by atoms with Crippen molar-refractivity contribution >= 4 is 5.97 Å². The van der Waals surface area contributed by atoms with Gasteiger partial charge in [0, 0.05) is 0 Å². The molecule has 12 heavy (non-hydrogen) atoms. The Labute approximate surface area is 68.9 Å². The van der Waals surface area contributed by atoms with Gasteiger partial charge >= 0.3 is 5.97 Å². The third-order valence-corrected chi connectivity index (χ3v) is 1.31.